The van der Waals surface area contributed by atoms with Crippen molar-refractivity contribution in [2.45, 2.75) is 13.3 Å². The van der Waals surface area contributed by atoms with Gasteiger partial charge in [-0.3, -0.25) is 0 Å². The summed E-state index contributed by atoms with van der Waals surface area (Å²) in [6.45, 7) is 2.65. The Balaban J connectivity index is 2.09. The van der Waals surface area contributed by atoms with Crippen LogP contribution in [0.5, 0.6) is 0 Å². The van der Waals surface area contributed by atoms with Gasteiger partial charge in [0.15, 0.2) is 0 Å². The fourth-order valence-corrected chi connectivity index (χ4v) is 1.94. The van der Waals surface area contributed by atoms with Gasteiger partial charge in [-0.1, -0.05) is 0 Å². The number of aromatic nitrogens is 2. The molecule has 0 aliphatic carbocycles. The Morgan fingerprint density at radius 2 is 2.00 bits per heavy atom. The number of nitrogens with zero attached hydrogens (tertiary/aromatic N) is 2. The fraction of sp³-hybridized carbons (Fsp3) is 0.312. The lowest BCUT2D eigenvalue weighted by atomic mass is 10.2. The number of nitrogens with one attached hydrogen (secondary N) is 1. The maximum Gasteiger partial charge on any atom is 0.338 e. The van der Waals surface area contributed by atoms with Crippen LogP contribution in [0.3, 0.4) is 0 Å². The highest BCUT2D eigenvalue weighted by molar-refractivity contribution is 5.89. The molecule has 0 aliphatic rings. The van der Waals surface area contributed by atoms with Gasteiger partial charge in [0.2, 0.25) is 0 Å². The highest BCUT2D eigenvalue weighted by Crippen LogP contribution is 2.17. The van der Waals surface area contributed by atoms with E-state index in [0.717, 1.165) is 5.69 Å². The van der Waals surface area contributed by atoms with E-state index in [1.165, 1.54) is 0 Å². The second-order valence-electron chi connectivity index (χ2n) is 4.76. The number of esters is 1. The molecule has 0 unspecified atom stereocenters. The van der Waals surface area contributed by atoms with E-state index < -0.39 is 0 Å². The molecule has 0 bridgehead atoms. The van der Waals surface area contributed by atoms with Crippen molar-refractivity contribution in [3.8, 4) is 0 Å². The lowest BCUT2D eigenvalue weighted by Gasteiger charge is -2.09. The summed E-state index contributed by atoms with van der Waals surface area (Å²) in [5, 5.41) is 3.14. The smallest absolute Gasteiger partial charge is 0.338 e. The summed E-state index contributed by atoms with van der Waals surface area (Å²) in [5.41, 5.74) is 7.08. The van der Waals surface area contributed by atoms with Crippen molar-refractivity contribution in [1.29, 1.82) is 0 Å². The lowest BCUT2D eigenvalue weighted by Crippen LogP contribution is -2.06. The van der Waals surface area contributed by atoms with Gasteiger partial charge in [-0.25, -0.2) is 14.8 Å². The number of rotatable bonds is 7. The van der Waals surface area contributed by atoms with Gasteiger partial charge in [0.25, 0.3) is 0 Å². The number of carbonyl (C=O) groups is 1. The van der Waals surface area contributed by atoms with Gasteiger partial charge in [-0.2, -0.15) is 0 Å². The van der Waals surface area contributed by atoms with E-state index in [4.69, 9.17) is 15.2 Å². The van der Waals surface area contributed by atoms with Crippen molar-refractivity contribution < 1.29 is 14.3 Å². The van der Waals surface area contributed by atoms with Crippen LogP contribution in [0.2, 0.25) is 0 Å². The first-order chi connectivity index (χ1) is 11.1. The monoisotopic (exact) mass is 316 g/mol. The molecule has 0 spiro atoms. The van der Waals surface area contributed by atoms with Crippen LogP contribution in [0.25, 0.3) is 0 Å². The van der Waals surface area contributed by atoms with E-state index >= 15 is 0 Å². The molecule has 2 rings (SSSR count). The number of hydrogen-bond donors (Lipinski definition) is 2. The quantitative estimate of drug-likeness (QED) is 0.755. The van der Waals surface area contributed by atoms with E-state index in [-0.39, 0.29) is 5.97 Å². The third kappa shape index (κ3) is 4.93. The zero-order valence-electron chi connectivity index (χ0n) is 13.2. The third-order valence-corrected chi connectivity index (χ3v) is 2.99. The van der Waals surface area contributed by atoms with Crippen molar-refractivity contribution in [2.75, 3.05) is 31.4 Å². The number of ether oxygens (including phenoxy) is 2. The molecule has 1 aromatic heterocycles. The van der Waals surface area contributed by atoms with E-state index in [9.17, 15) is 4.79 Å². The number of benzene rings is 1. The van der Waals surface area contributed by atoms with Crippen LogP contribution >= 0.6 is 0 Å². The normalized spacial score (nSPS) is 10.3. The number of nitrogen functional groups attached to an aromatic ring is 1. The summed E-state index contributed by atoms with van der Waals surface area (Å²) in [7, 11) is 1.62. The minimum absolute atomic E-state index is 0.341. The average Bonchev–Trinajstić information content (AvgIpc) is 2.53. The van der Waals surface area contributed by atoms with Crippen LogP contribution in [0, 0.1) is 0 Å². The Morgan fingerprint density at radius 1 is 1.26 bits per heavy atom. The molecule has 2 aromatic rings. The standard InChI is InChI=1S/C16H20N4O3/c1-3-23-16(21)11-4-6-12(7-5-11)18-15-10-13(17)19-14(20-15)8-9-22-2/h4-7,10H,3,8-9H2,1-2H3,(H3,17,18,19,20). The number of hydrogen-bond acceptors (Lipinski definition) is 7. The van der Waals surface area contributed by atoms with E-state index in [1.54, 1.807) is 44.4 Å². The molecule has 7 nitrogen and oxygen atoms in total. The fourth-order valence-electron chi connectivity index (χ4n) is 1.94. The van der Waals surface area contributed by atoms with Crippen LogP contribution in [-0.2, 0) is 15.9 Å². The van der Waals surface area contributed by atoms with Crippen molar-refractivity contribution in [1.82, 2.24) is 9.97 Å². The molecule has 23 heavy (non-hydrogen) atoms. The van der Waals surface area contributed by atoms with Crippen molar-refractivity contribution >= 4 is 23.3 Å². The predicted molar refractivity (Wildman–Crippen MR) is 87.7 cm³/mol. The first kappa shape index (κ1) is 16.7. The van der Waals surface area contributed by atoms with E-state index in [2.05, 4.69) is 15.3 Å². The Kier molecular flexibility index (Phi) is 5.87. The lowest BCUT2D eigenvalue weighted by molar-refractivity contribution is 0.0526. The highest BCUT2D eigenvalue weighted by atomic mass is 16.5. The van der Waals surface area contributed by atoms with Crippen LogP contribution in [0.4, 0.5) is 17.3 Å². The first-order valence-electron chi connectivity index (χ1n) is 7.29. The van der Waals surface area contributed by atoms with Gasteiger partial charge in [0.1, 0.15) is 17.5 Å². The molecule has 0 aliphatic heterocycles. The van der Waals surface area contributed by atoms with Gasteiger partial charge in [-0.15, -0.1) is 0 Å². The molecule has 3 N–H and O–H groups in total. The van der Waals surface area contributed by atoms with E-state index in [0.29, 0.717) is 42.7 Å². The molecule has 0 saturated carbocycles. The predicted octanol–water partition coefficient (Wildman–Crippen LogP) is 2.17. The first-order valence-corrected chi connectivity index (χ1v) is 7.29. The van der Waals surface area contributed by atoms with Gasteiger partial charge in [0, 0.05) is 25.3 Å². The van der Waals surface area contributed by atoms with E-state index in [1.807, 2.05) is 0 Å². The van der Waals surface area contributed by atoms with Crippen molar-refractivity contribution in [3.63, 3.8) is 0 Å². The van der Waals surface area contributed by atoms with Gasteiger partial charge in [0.05, 0.1) is 18.8 Å². The average molecular weight is 316 g/mol. The molecule has 1 heterocycles. The molecule has 0 saturated heterocycles. The van der Waals surface area contributed by atoms with Crippen LogP contribution < -0.4 is 11.1 Å². The third-order valence-electron chi connectivity index (χ3n) is 2.99. The number of anilines is 3. The van der Waals surface area contributed by atoms with Crippen molar-refractivity contribution in [3.05, 3.63) is 41.7 Å². The zero-order chi connectivity index (χ0) is 16.7. The summed E-state index contributed by atoms with van der Waals surface area (Å²) in [5.74, 6) is 1.24. The van der Waals surface area contributed by atoms with Crippen LogP contribution in [-0.4, -0.2) is 36.3 Å². The summed E-state index contributed by atoms with van der Waals surface area (Å²) >= 11 is 0. The van der Waals surface area contributed by atoms with Gasteiger partial charge in [-0.05, 0) is 31.2 Å². The minimum atomic E-state index is -0.341. The maximum atomic E-state index is 11.6. The molecular formula is C16H20N4O3. The number of carbonyl (C=O) groups excluding carboxylic acids is 1. The molecular weight excluding hydrogens is 296 g/mol. The second-order valence-corrected chi connectivity index (χ2v) is 4.76. The molecule has 0 fully saturated rings. The summed E-state index contributed by atoms with van der Waals surface area (Å²) in [6.07, 6.45) is 0.581. The Bertz CT molecular complexity index is 659. The molecule has 122 valence electrons. The Hall–Kier alpha value is -2.67. The highest BCUT2D eigenvalue weighted by Gasteiger charge is 2.07. The topological polar surface area (TPSA) is 99.4 Å². The number of nitrogens with two attached hydrogens (primary N) is 1. The molecule has 0 atom stereocenters. The van der Waals surface area contributed by atoms with Crippen molar-refractivity contribution in [2.24, 2.45) is 0 Å². The number of methoxy groups -OCH3 is 1. The zero-order valence-corrected chi connectivity index (χ0v) is 13.2. The summed E-state index contributed by atoms with van der Waals surface area (Å²) in [6, 6.07) is 8.59. The SMILES string of the molecule is CCOC(=O)c1ccc(Nc2cc(N)nc(CCOC)n2)cc1. The minimum Gasteiger partial charge on any atom is -0.462 e. The van der Waals surface area contributed by atoms with Crippen LogP contribution in [0.15, 0.2) is 30.3 Å². The molecule has 1 aromatic carbocycles. The van der Waals surface area contributed by atoms with Crippen LogP contribution in [0.1, 0.15) is 23.1 Å². The Labute approximate surface area is 134 Å². The largest absolute Gasteiger partial charge is 0.462 e. The molecule has 0 amide bonds. The Morgan fingerprint density at radius 3 is 2.65 bits per heavy atom. The second kappa shape index (κ2) is 8.09. The van der Waals surface area contributed by atoms with Gasteiger partial charge < -0.3 is 20.5 Å². The summed E-state index contributed by atoms with van der Waals surface area (Å²) < 4.78 is 9.96. The molecule has 7 heteroatoms. The molecule has 0 radical (unpaired) electrons. The maximum absolute atomic E-state index is 11.6. The summed E-state index contributed by atoms with van der Waals surface area (Å²) in [4.78, 5) is 20.1. The van der Waals surface area contributed by atoms with Gasteiger partial charge >= 0.3 is 5.97 Å².